The summed E-state index contributed by atoms with van der Waals surface area (Å²) >= 11 is 0. The van der Waals surface area contributed by atoms with Crippen molar-refractivity contribution in [2.75, 3.05) is 26.3 Å². The van der Waals surface area contributed by atoms with Crippen LogP contribution < -0.4 is 0 Å². The van der Waals surface area contributed by atoms with Crippen LogP contribution in [0.3, 0.4) is 0 Å². The average molecular weight is 304 g/mol. The maximum Gasteiger partial charge on any atom is 0.411 e. The van der Waals surface area contributed by atoms with E-state index in [9.17, 15) is 4.79 Å². The third-order valence-electron chi connectivity index (χ3n) is 3.73. The second-order valence-corrected chi connectivity index (χ2v) is 6.95. The SMILES string of the molecule is CC(C)(C)OC(=O)N(CCc1ccccc1)CN1CCCC1. The van der Waals surface area contributed by atoms with E-state index in [1.165, 1.54) is 18.4 Å². The lowest BCUT2D eigenvalue weighted by atomic mass is 10.1. The summed E-state index contributed by atoms with van der Waals surface area (Å²) in [6.07, 6.45) is 3.09. The zero-order chi connectivity index (χ0) is 16.0. The molecule has 0 aliphatic carbocycles. The van der Waals surface area contributed by atoms with Crippen molar-refractivity contribution in [2.45, 2.75) is 45.6 Å². The second-order valence-electron chi connectivity index (χ2n) is 6.95. The summed E-state index contributed by atoms with van der Waals surface area (Å²) in [6.45, 7) is 9.24. The van der Waals surface area contributed by atoms with E-state index in [1.54, 1.807) is 0 Å². The van der Waals surface area contributed by atoms with E-state index < -0.39 is 5.60 Å². The van der Waals surface area contributed by atoms with Gasteiger partial charge in [-0.1, -0.05) is 30.3 Å². The van der Waals surface area contributed by atoms with E-state index in [2.05, 4.69) is 17.0 Å². The van der Waals surface area contributed by atoms with Gasteiger partial charge in [0.05, 0.1) is 6.67 Å². The molecule has 0 saturated carbocycles. The molecule has 1 aromatic rings. The molecule has 122 valence electrons. The molecule has 0 unspecified atom stereocenters. The molecule has 1 fully saturated rings. The Balaban J connectivity index is 1.95. The molecule has 1 aromatic carbocycles. The summed E-state index contributed by atoms with van der Waals surface area (Å²) in [6, 6.07) is 10.3. The summed E-state index contributed by atoms with van der Waals surface area (Å²) in [5, 5.41) is 0. The number of ether oxygens (including phenoxy) is 1. The molecule has 1 amide bonds. The van der Waals surface area contributed by atoms with Crippen molar-refractivity contribution in [3.05, 3.63) is 35.9 Å². The van der Waals surface area contributed by atoms with Gasteiger partial charge in [-0.25, -0.2) is 4.79 Å². The highest BCUT2D eigenvalue weighted by Gasteiger charge is 2.24. The van der Waals surface area contributed by atoms with Crippen LogP contribution in [0.15, 0.2) is 30.3 Å². The molecule has 4 heteroatoms. The molecule has 2 rings (SSSR count). The fraction of sp³-hybridized carbons (Fsp3) is 0.611. The Bertz CT molecular complexity index is 462. The van der Waals surface area contributed by atoms with Crippen LogP contribution in [-0.2, 0) is 11.2 Å². The summed E-state index contributed by atoms with van der Waals surface area (Å²) < 4.78 is 5.56. The Morgan fingerprint density at radius 1 is 1.18 bits per heavy atom. The van der Waals surface area contributed by atoms with Gasteiger partial charge in [-0.05, 0) is 58.7 Å². The smallest absolute Gasteiger partial charge is 0.411 e. The van der Waals surface area contributed by atoms with Gasteiger partial charge >= 0.3 is 6.09 Å². The first kappa shape index (κ1) is 16.8. The highest BCUT2D eigenvalue weighted by Crippen LogP contribution is 2.14. The molecule has 4 nitrogen and oxygen atoms in total. The third kappa shape index (κ3) is 5.68. The predicted molar refractivity (Wildman–Crippen MR) is 88.8 cm³/mol. The van der Waals surface area contributed by atoms with Crippen molar-refractivity contribution in [1.82, 2.24) is 9.80 Å². The molecule has 1 aliphatic heterocycles. The van der Waals surface area contributed by atoms with Crippen molar-refractivity contribution >= 4 is 6.09 Å². The number of carbonyl (C=O) groups is 1. The van der Waals surface area contributed by atoms with Crippen LogP contribution >= 0.6 is 0 Å². The maximum atomic E-state index is 12.4. The lowest BCUT2D eigenvalue weighted by Crippen LogP contribution is -2.44. The van der Waals surface area contributed by atoms with Gasteiger partial charge in [-0.3, -0.25) is 9.80 Å². The highest BCUT2D eigenvalue weighted by molar-refractivity contribution is 5.68. The summed E-state index contributed by atoms with van der Waals surface area (Å²) in [5.74, 6) is 0. The molecule has 0 aromatic heterocycles. The van der Waals surface area contributed by atoms with Crippen LogP contribution in [0.4, 0.5) is 4.79 Å². The van der Waals surface area contributed by atoms with Crippen molar-refractivity contribution in [3.63, 3.8) is 0 Å². The molecule has 0 radical (unpaired) electrons. The Labute approximate surface area is 134 Å². The number of carbonyl (C=O) groups excluding carboxylic acids is 1. The lowest BCUT2D eigenvalue weighted by Gasteiger charge is -2.30. The number of benzene rings is 1. The average Bonchev–Trinajstić information content (AvgIpc) is 2.95. The van der Waals surface area contributed by atoms with Gasteiger partial charge in [0.15, 0.2) is 0 Å². The number of hydrogen-bond donors (Lipinski definition) is 0. The number of nitrogens with zero attached hydrogens (tertiary/aromatic N) is 2. The Hall–Kier alpha value is -1.55. The van der Waals surface area contributed by atoms with Crippen molar-refractivity contribution in [3.8, 4) is 0 Å². The van der Waals surface area contributed by atoms with E-state index in [0.29, 0.717) is 13.2 Å². The zero-order valence-electron chi connectivity index (χ0n) is 14.0. The number of rotatable bonds is 5. The van der Waals surface area contributed by atoms with E-state index >= 15 is 0 Å². The van der Waals surface area contributed by atoms with Crippen LogP contribution in [-0.4, -0.2) is 47.8 Å². The highest BCUT2D eigenvalue weighted by atomic mass is 16.6. The van der Waals surface area contributed by atoms with E-state index in [0.717, 1.165) is 19.5 Å². The summed E-state index contributed by atoms with van der Waals surface area (Å²) in [5.41, 5.74) is 0.796. The first-order chi connectivity index (χ1) is 10.4. The van der Waals surface area contributed by atoms with Gasteiger partial charge in [0, 0.05) is 6.54 Å². The van der Waals surface area contributed by atoms with Crippen LogP contribution in [0.25, 0.3) is 0 Å². The van der Waals surface area contributed by atoms with Crippen LogP contribution in [0.2, 0.25) is 0 Å². The topological polar surface area (TPSA) is 32.8 Å². The standard InChI is InChI=1S/C18H28N2O2/c1-18(2,3)22-17(21)20(15-19-12-7-8-13-19)14-11-16-9-5-4-6-10-16/h4-6,9-10H,7-8,11-15H2,1-3H3. The lowest BCUT2D eigenvalue weighted by molar-refractivity contribution is 0.0150. The minimum absolute atomic E-state index is 0.213. The predicted octanol–water partition coefficient (Wildman–Crippen LogP) is 3.52. The van der Waals surface area contributed by atoms with Gasteiger partial charge in [0.25, 0.3) is 0 Å². The summed E-state index contributed by atoms with van der Waals surface area (Å²) in [7, 11) is 0. The van der Waals surface area contributed by atoms with Crippen molar-refractivity contribution in [2.24, 2.45) is 0 Å². The first-order valence-electron chi connectivity index (χ1n) is 8.18. The van der Waals surface area contributed by atoms with E-state index in [-0.39, 0.29) is 6.09 Å². The fourth-order valence-electron chi connectivity index (χ4n) is 2.62. The second kappa shape index (κ2) is 7.63. The molecule has 0 spiro atoms. The molecule has 0 atom stereocenters. The zero-order valence-corrected chi connectivity index (χ0v) is 14.0. The quantitative estimate of drug-likeness (QED) is 0.834. The molecular formula is C18H28N2O2. The van der Waals surface area contributed by atoms with Gasteiger partial charge in [-0.15, -0.1) is 0 Å². The summed E-state index contributed by atoms with van der Waals surface area (Å²) in [4.78, 5) is 16.6. The molecule has 1 heterocycles. The fourth-order valence-corrected chi connectivity index (χ4v) is 2.62. The Morgan fingerprint density at radius 2 is 1.82 bits per heavy atom. The molecular weight excluding hydrogens is 276 g/mol. The van der Waals surface area contributed by atoms with Gasteiger partial charge in [-0.2, -0.15) is 0 Å². The maximum absolute atomic E-state index is 12.4. The number of amides is 1. The largest absolute Gasteiger partial charge is 0.444 e. The Morgan fingerprint density at radius 3 is 2.41 bits per heavy atom. The normalized spacial score (nSPS) is 15.8. The number of likely N-dealkylation sites (tertiary alicyclic amines) is 1. The first-order valence-corrected chi connectivity index (χ1v) is 8.18. The van der Waals surface area contributed by atoms with Crippen LogP contribution in [0.5, 0.6) is 0 Å². The van der Waals surface area contributed by atoms with Gasteiger partial charge < -0.3 is 4.74 Å². The van der Waals surface area contributed by atoms with Gasteiger partial charge in [0.1, 0.15) is 5.60 Å². The molecule has 0 bridgehead atoms. The minimum atomic E-state index is -0.451. The molecule has 22 heavy (non-hydrogen) atoms. The van der Waals surface area contributed by atoms with E-state index in [4.69, 9.17) is 4.74 Å². The Kier molecular flexibility index (Phi) is 5.83. The van der Waals surface area contributed by atoms with Crippen LogP contribution in [0.1, 0.15) is 39.2 Å². The van der Waals surface area contributed by atoms with Crippen molar-refractivity contribution in [1.29, 1.82) is 0 Å². The minimum Gasteiger partial charge on any atom is -0.444 e. The third-order valence-corrected chi connectivity index (χ3v) is 3.73. The molecule has 1 aliphatic rings. The van der Waals surface area contributed by atoms with Crippen molar-refractivity contribution < 1.29 is 9.53 Å². The van der Waals surface area contributed by atoms with Gasteiger partial charge in [0.2, 0.25) is 0 Å². The monoisotopic (exact) mass is 304 g/mol. The van der Waals surface area contributed by atoms with E-state index in [1.807, 2.05) is 43.9 Å². The molecule has 0 N–H and O–H groups in total. The molecule has 1 saturated heterocycles. The number of hydrogen-bond acceptors (Lipinski definition) is 3. The van der Waals surface area contributed by atoms with Crippen LogP contribution in [0, 0.1) is 0 Å².